The number of hydrogen-bond donors (Lipinski definition) is 1. The van der Waals surface area contributed by atoms with E-state index in [1.807, 2.05) is 0 Å². The number of benzene rings is 1. The van der Waals surface area contributed by atoms with E-state index in [0.717, 1.165) is 4.90 Å². The van der Waals surface area contributed by atoms with Gasteiger partial charge < -0.3 is 29.7 Å². The van der Waals surface area contributed by atoms with Crippen molar-refractivity contribution in [3.63, 3.8) is 0 Å². The van der Waals surface area contributed by atoms with E-state index < -0.39 is 57.4 Å². The third kappa shape index (κ3) is 3.37. The van der Waals surface area contributed by atoms with E-state index in [2.05, 4.69) is 9.97 Å². The van der Waals surface area contributed by atoms with Crippen molar-refractivity contribution < 1.29 is 32.7 Å². The summed E-state index contributed by atoms with van der Waals surface area (Å²) in [6, 6.07) is 3.06. The smallest absolute Gasteiger partial charge is 0.251 e. The Bertz CT molecular complexity index is 1280. The number of nitrogens with two attached hydrogens (primary N) is 1. The van der Waals surface area contributed by atoms with Gasteiger partial charge in [0, 0.05) is 49.6 Å². The Balaban J connectivity index is 1.70. The number of rotatable bonds is 4. The molecule has 0 aliphatic carbocycles. The fourth-order valence-corrected chi connectivity index (χ4v) is 2.77. The van der Waals surface area contributed by atoms with Crippen LogP contribution in [0.3, 0.4) is 0 Å². The van der Waals surface area contributed by atoms with Gasteiger partial charge in [-0.3, -0.25) is 4.79 Å². The number of carbonyl (C=O) groups is 1. The average molecular weight is 398 g/mol. The van der Waals surface area contributed by atoms with Crippen molar-refractivity contribution in [2.75, 3.05) is 57.5 Å². The Labute approximate surface area is 177 Å². The molecule has 0 spiro atoms. The van der Waals surface area contributed by atoms with Gasteiger partial charge in [0.1, 0.15) is 11.9 Å². The number of amides is 1. The van der Waals surface area contributed by atoms with E-state index in [1.165, 1.54) is 20.3 Å². The largest absolute Gasteiger partial charge is 0.493 e. The number of nitrogen functional groups attached to an aromatic ring is 1. The molecule has 0 bridgehead atoms. The highest BCUT2D eigenvalue weighted by Gasteiger charge is 2.31. The summed E-state index contributed by atoms with van der Waals surface area (Å²) in [5, 5.41) is 0.399. The van der Waals surface area contributed by atoms with Crippen LogP contribution in [-0.4, -0.2) is 73.7 Å². The Morgan fingerprint density at radius 1 is 1.25 bits per heavy atom. The highest BCUT2D eigenvalue weighted by molar-refractivity contribution is 5.91. The second-order valence-electron chi connectivity index (χ2n) is 5.85. The molecule has 0 saturated carbocycles. The standard InChI is InChI=1S/C19H25N5O4/c1-26-15-10-12-13(11-16(15)27-2)21-19(22-17(12)20)24-7-5-23(6-8-24)18(25)14-4-3-9-28-14/h10-11,14H,3-9H2,1-2H3,(H2,20,21,22)/i3D2,4D2,5D2,6D2,9D2. The van der Waals surface area contributed by atoms with Gasteiger partial charge in [-0.2, -0.15) is 4.98 Å². The average Bonchev–Trinajstić information content (AvgIpc) is 2.92. The second kappa shape index (κ2) is 7.67. The number of nitrogens with zero attached hydrogens (tertiary/aromatic N) is 4. The van der Waals surface area contributed by atoms with E-state index >= 15 is 0 Å². The summed E-state index contributed by atoms with van der Waals surface area (Å²) in [5.74, 6) is -1.04. The monoisotopic (exact) mass is 397 g/mol. The topological polar surface area (TPSA) is 103 Å². The second-order valence-corrected chi connectivity index (χ2v) is 5.85. The molecule has 150 valence electrons. The lowest BCUT2D eigenvalue weighted by Crippen LogP contribution is -2.51. The van der Waals surface area contributed by atoms with Crippen LogP contribution in [0, 0.1) is 0 Å². The number of carbonyl (C=O) groups excluding carboxylic acids is 1. The Morgan fingerprint density at radius 2 is 1.96 bits per heavy atom. The minimum absolute atomic E-state index is 0.0115. The first-order valence-electron chi connectivity index (χ1n) is 13.3. The normalized spacial score (nSPS) is 34.1. The maximum atomic E-state index is 13.3. The fourth-order valence-electron chi connectivity index (χ4n) is 2.77. The molecule has 9 nitrogen and oxygen atoms in total. The van der Waals surface area contributed by atoms with Crippen LogP contribution in [0.15, 0.2) is 12.1 Å². The van der Waals surface area contributed by atoms with Crippen LogP contribution >= 0.6 is 0 Å². The number of hydrogen-bond acceptors (Lipinski definition) is 8. The zero-order valence-corrected chi connectivity index (χ0v) is 15.1. The minimum Gasteiger partial charge on any atom is -0.493 e. The maximum Gasteiger partial charge on any atom is 0.251 e. The van der Waals surface area contributed by atoms with Gasteiger partial charge in [-0.15, -0.1) is 0 Å². The molecule has 1 atom stereocenters. The Hall–Kier alpha value is -2.81. The molecular weight excluding hydrogens is 362 g/mol. The predicted octanol–water partition coefficient (Wildman–Crippen LogP) is 1.06. The number of anilines is 2. The Morgan fingerprint density at radius 3 is 2.61 bits per heavy atom. The summed E-state index contributed by atoms with van der Waals surface area (Å²) in [5.41, 5.74) is 6.39. The predicted molar refractivity (Wildman–Crippen MR) is 105 cm³/mol. The summed E-state index contributed by atoms with van der Waals surface area (Å²) < 4.78 is 96.2. The molecule has 2 saturated heterocycles. The first kappa shape index (κ1) is 10.1. The zero-order chi connectivity index (χ0) is 28.6. The van der Waals surface area contributed by atoms with Gasteiger partial charge in [0.05, 0.1) is 28.0 Å². The summed E-state index contributed by atoms with van der Waals surface area (Å²) >= 11 is 0. The number of aromatic nitrogens is 2. The van der Waals surface area contributed by atoms with Crippen LogP contribution < -0.4 is 20.1 Å². The molecule has 2 fully saturated rings. The lowest BCUT2D eigenvalue weighted by Gasteiger charge is -2.35. The first-order chi connectivity index (χ1) is 17.3. The van der Waals surface area contributed by atoms with E-state index in [9.17, 15) is 4.79 Å². The zero-order valence-electron chi connectivity index (χ0n) is 25.1. The fraction of sp³-hybridized carbons (Fsp3) is 0.526. The molecule has 1 aromatic heterocycles. The molecular formula is C19H25N5O4. The van der Waals surface area contributed by atoms with E-state index in [4.69, 9.17) is 33.7 Å². The SMILES string of the molecule is [2H]C1([2H])CN(c2nc(N)c3cc(OC)c(OC)cc3n2)CC([2H])([2H])N1C(=O)C1OC([2H])([2H])C([2H])([2H])C1([2H])[2H]. The third-order valence-corrected chi connectivity index (χ3v) is 4.22. The summed E-state index contributed by atoms with van der Waals surface area (Å²) in [4.78, 5) is 23.1. The van der Waals surface area contributed by atoms with Gasteiger partial charge in [0.25, 0.3) is 5.91 Å². The molecule has 4 rings (SSSR count). The number of methoxy groups -OCH3 is 2. The van der Waals surface area contributed by atoms with Crippen molar-refractivity contribution in [1.29, 1.82) is 0 Å². The van der Waals surface area contributed by atoms with Crippen LogP contribution in [0.2, 0.25) is 0 Å². The van der Waals surface area contributed by atoms with Crippen molar-refractivity contribution in [1.82, 2.24) is 14.9 Å². The molecule has 3 heterocycles. The van der Waals surface area contributed by atoms with Crippen LogP contribution in [0.4, 0.5) is 11.8 Å². The van der Waals surface area contributed by atoms with Crippen molar-refractivity contribution in [3.05, 3.63) is 12.1 Å². The van der Waals surface area contributed by atoms with Crippen LogP contribution in [-0.2, 0) is 9.53 Å². The highest BCUT2D eigenvalue weighted by Crippen LogP contribution is 2.34. The molecule has 28 heavy (non-hydrogen) atoms. The van der Waals surface area contributed by atoms with Gasteiger partial charge in [0.2, 0.25) is 5.95 Å². The summed E-state index contributed by atoms with van der Waals surface area (Å²) in [7, 11) is 2.85. The number of fused-ring (bicyclic) bond motifs is 1. The van der Waals surface area contributed by atoms with Gasteiger partial charge in [0.15, 0.2) is 11.5 Å². The van der Waals surface area contributed by atoms with Crippen molar-refractivity contribution >= 4 is 28.6 Å². The highest BCUT2D eigenvalue weighted by atomic mass is 16.5. The molecule has 2 aromatic rings. The van der Waals surface area contributed by atoms with Gasteiger partial charge in [-0.1, -0.05) is 0 Å². The summed E-state index contributed by atoms with van der Waals surface area (Å²) in [6.45, 7) is -10.2. The molecule has 9 heteroatoms. The molecule has 0 radical (unpaired) electrons. The van der Waals surface area contributed by atoms with Crippen molar-refractivity contribution in [3.8, 4) is 11.5 Å². The third-order valence-electron chi connectivity index (χ3n) is 4.22. The summed E-state index contributed by atoms with van der Waals surface area (Å²) in [6.07, 6.45) is -8.95. The van der Waals surface area contributed by atoms with E-state index in [-0.39, 0.29) is 16.7 Å². The van der Waals surface area contributed by atoms with Crippen LogP contribution in [0.5, 0.6) is 11.5 Å². The quantitative estimate of drug-likeness (QED) is 0.817. The molecule has 1 aromatic carbocycles. The van der Waals surface area contributed by atoms with E-state index in [0.29, 0.717) is 22.4 Å². The van der Waals surface area contributed by atoms with Crippen molar-refractivity contribution in [2.45, 2.75) is 18.8 Å². The van der Waals surface area contributed by atoms with Crippen LogP contribution in [0.1, 0.15) is 26.5 Å². The van der Waals surface area contributed by atoms with Gasteiger partial charge >= 0.3 is 0 Å². The van der Waals surface area contributed by atoms with Gasteiger partial charge in [-0.05, 0) is 18.8 Å². The number of ether oxygens (including phenoxy) is 3. The first-order valence-corrected chi connectivity index (χ1v) is 8.27. The lowest BCUT2D eigenvalue weighted by molar-refractivity contribution is -0.141. The molecule has 1 amide bonds. The van der Waals surface area contributed by atoms with E-state index in [1.54, 1.807) is 6.07 Å². The lowest BCUT2D eigenvalue weighted by atomic mass is 10.2. The minimum atomic E-state index is -3.28. The molecule has 1 unspecified atom stereocenters. The molecule has 2 aliphatic heterocycles. The van der Waals surface area contributed by atoms with Crippen molar-refractivity contribution in [2.24, 2.45) is 0 Å². The Kier molecular flexibility index (Phi) is 2.77. The number of piperazine rings is 1. The molecule has 2 N–H and O–H groups in total. The maximum absolute atomic E-state index is 13.3. The van der Waals surface area contributed by atoms with Gasteiger partial charge in [-0.25, -0.2) is 4.98 Å². The van der Waals surface area contributed by atoms with Crippen LogP contribution in [0.25, 0.3) is 10.9 Å². The molecule has 2 aliphatic rings.